The Hall–Kier alpha value is -1.50. The first kappa shape index (κ1) is 12.6. The predicted octanol–water partition coefficient (Wildman–Crippen LogP) is 0.773. The smallest absolute Gasteiger partial charge is 0.395 e. The van der Waals surface area contributed by atoms with Gasteiger partial charge in [0.05, 0.1) is 6.61 Å². The fraction of sp³-hybridized carbons (Fsp3) is 0.444. The summed E-state index contributed by atoms with van der Waals surface area (Å²) in [5.41, 5.74) is -0.0780. The lowest BCUT2D eigenvalue weighted by Crippen LogP contribution is -2.30. The highest BCUT2D eigenvalue weighted by Crippen LogP contribution is 2.18. The van der Waals surface area contributed by atoms with E-state index in [1.165, 1.54) is 18.3 Å². The summed E-state index contributed by atoms with van der Waals surface area (Å²) in [7, 11) is 0. The Balaban J connectivity index is 2.74. The van der Waals surface area contributed by atoms with Crippen molar-refractivity contribution < 1.29 is 23.1 Å². The van der Waals surface area contributed by atoms with Crippen molar-refractivity contribution >= 4 is 5.91 Å². The normalized spacial score (nSPS) is 11.5. The summed E-state index contributed by atoms with van der Waals surface area (Å²) in [6.45, 7) is -1.45. The van der Waals surface area contributed by atoms with Crippen molar-refractivity contribution in [2.45, 2.75) is 12.7 Å². The number of amides is 1. The van der Waals surface area contributed by atoms with E-state index in [0.717, 1.165) is 4.57 Å². The lowest BCUT2D eigenvalue weighted by Gasteiger charge is -2.11. The largest absolute Gasteiger partial charge is 0.406 e. The molecule has 0 atom stereocenters. The topological polar surface area (TPSA) is 54.3 Å². The second kappa shape index (κ2) is 5.02. The van der Waals surface area contributed by atoms with E-state index in [9.17, 15) is 18.0 Å². The summed E-state index contributed by atoms with van der Waals surface area (Å²) in [6, 6.07) is 2.65. The number of nitrogens with zero attached hydrogens (tertiary/aromatic N) is 1. The highest BCUT2D eigenvalue weighted by molar-refractivity contribution is 5.92. The number of hydrogen-bond donors (Lipinski definition) is 2. The highest BCUT2D eigenvalue weighted by atomic mass is 19.4. The van der Waals surface area contributed by atoms with Crippen LogP contribution in [-0.2, 0) is 6.54 Å². The molecule has 0 fully saturated rings. The van der Waals surface area contributed by atoms with Crippen molar-refractivity contribution in [1.82, 2.24) is 9.88 Å². The second-order valence-corrected chi connectivity index (χ2v) is 3.12. The maximum Gasteiger partial charge on any atom is 0.406 e. The van der Waals surface area contributed by atoms with Crippen molar-refractivity contribution in [2.75, 3.05) is 13.2 Å². The maximum absolute atomic E-state index is 12.1. The predicted molar refractivity (Wildman–Crippen MR) is 49.9 cm³/mol. The van der Waals surface area contributed by atoms with Crippen LogP contribution in [0.25, 0.3) is 0 Å². The molecule has 0 saturated heterocycles. The summed E-state index contributed by atoms with van der Waals surface area (Å²) in [6.07, 6.45) is -3.19. The first-order valence-corrected chi connectivity index (χ1v) is 4.55. The molecule has 0 radical (unpaired) electrons. The summed E-state index contributed by atoms with van der Waals surface area (Å²) in [5.74, 6) is -0.636. The zero-order chi connectivity index (χ0) is 12.2. The Bertz CT molecular complexity index is 360. The van der Waals surface area contributed by atoms with E-state index in [0.29, 0.717) is 0 Å². The van der Waals surface area contributed by atoms with Crippen molar-refractivity contribution in [3.05, 3.63) is 24.0 Å². The van der Waals surface area contributed by atoms with Gasteiger partial charge in [-0.3, -0.25) is 4.79 Å². The van der Waals surface area contributed by atoms with Gasteiger partial charge in [-0.1, -0.05) is 0 Å². The highest BCUT2D eigenvalue weighted by Gasteiger charge is 2.29. The lowest BCUT2D eigenvalue weighted by atomic mass is 10.4. The maximum atomic E-state index is 12.1. The molecule has 16 heavy (non-hydrogen) atoms. The Morgan fingerprint density at radius 2 is 2.19 bits per heavy atom. The number of alkyl halides is 3. The molecule has 1 aromatic rings. The van der Waals surface area contributed by atoms with E-state index in [2.05, 4.69) is 5.32 Å². The minimum absolute atomic E-state index is 0.00995. The number of nitrogens with one attached hydrogen (secondary N) is 1. The van der Waals surface area contributed by atoms with Crippen LogP contribution in [0.5, 0.6) is 0 Å². The molecule has 0 spiro atoms. The Morgan fingerprint density at radius 1 is 1.50 bits per heavy atom. The third-order valence-corrected chi connectivity index (χ3v) is 1.81. The molecule has 1 amide bonds. The van der Waals surface area contributed by atoms with Crippen LogP contribution in [0, 0.1) is 0 Å². The number of aromatic nitrogens is 1. The van der Waals surface area contributed by atoms with Gasteiger partial charge in [-0.15, -0.1) is 0 Å². The number of halogens is 3. The van der Waals surface area contributed by atoms with E-state index in [1.807, 2.05) is 0 Å². The summed E-state index contributed by atoms with van der Waals surface area (Å²) in [4.78, 5) is 11.4. The third-order valence-electron chi connectivity index (χ3n) is 1.81. The van der Waals surface area contributed by atoms with Gasteiger partial charge in [0.2, 0.25) is 0 Å². The van der Waals surface area contributed by atoms with Crippen LogP contribution in [-0.4, -0.2) is 34.9 Å². The minimum atomic E-state index is -4.37. The van der Waals surface area contributed by atoms with Gasteiger partial charge < -0.3 is 15.0 Å². The van der Waals surface area contributed by atoms with Crippen LogP contribution in [0.2, 0.25) is 0 Å². The summed E-state index contributed by atoms with van der Waals surface area (Å²) >= 11 is 0. The van der Waals surface area contributed by atoms with E-state index >= 15 is 0 Å². The molecule has 0 aliphatic rings. The van der Waals surface area contributed by atoms with Crippen LogP contribution in [0.1, 0.15) is 10.5 Å². The number of aliphatic hydroxyl groups is 1. The average molecular weight is 236 g/mol. The molecule has 0 aliphatic heterocycles. The third kappa shape index (κ3) is 3.58. The van der Waals surface area contributed by atoms with Crippen LogP contribution in [0.4, 0.5) is 13.2 Å². The molecule has 2 N–H and O–H groups in total. The average Bonchev–Trinajstić information content (AvgIpc) is 2.59. The Kier molecular flexibility index (Phi) is 3.94. The fourth-order valence-electron chi connectivity index (χ4n) is 1.21. The standard InChI is InChI=1S/C9H11F3N2O2/c10-9(11,12)6-14-4-1-2-7(14)8(16)13-3-5-15/h1-2,4,15H,3,5-6H2,(H,13,16). The minimum Gasteiger partial charge on any atom is -0.395 e. The molecule has 4 nitrogen and oxygen atoms in total. The zero-order valence-corrected chi connectivity index (χ0v) is 8.29. The SMILES string of the molecule is O=C(NCCO)c1cccn1CC(F)(F)F. The molecular formula is C9H11F3N2O2. The van der Waals surface area contributed by atoms with Crippen LogP contribution >= 0.6 is 0 Å². The second-order valence-electron chi connectivity index (χ2n) is 3.12. The monoisotopic (exact) mass is 236 g/mol. The van der Waals surface area contributed by atoms with Gasteiger partial charge in [-0.2, -0.15) is 13.2 Å². The summed E-state index contributed by atoms with van der Waals surface area (Å²) in [5, 5.41) is 10.8. The molecule has 1 aromatic heterocycles. The number of hydrogen-bond acceptors (Lipinski definition) is 2. The van der Waals surface area contributed by atoms with Crippen LogP contribution in [0.15, 0.2) is 18.3 Å². The number of aliphatic hydroxyl groups excluding tert-OH is 1. The van der Waals surface area contributed by atoms with Crippen LogP contribution < -0.4 is 5.32 Å². The van der Waals surface area contributed by atoms with Gasteiger partial charge in [-0.25, -0.2) is 0 Å². The van der Waals surface area contributed by atoms with E-state index in [1.54, 1.807) is 0 Å². The molecule has 90 valence electrons. The molecule has 1 rings (SSSR count). The van der Waals surface area contributed by atoms with Crippen molar-refractivity contribution in [2.24, 2.45) is 0 Å². The van der Waals surface area contributed by atoms with Gasteiger partial charge in [0.25, 0.3) is 5.91 Å². The first-order valence-electron chi connectivity index (χ1n) is 4.55. The van der Waals surface area contributed by atoms with Crippen molar-refractivity contribution in [3.8, 4) is 0 Å². The van der Waals surface area contributed by atoms with E-state index in [4.69, 9.17) is 5.11 Å². The number of carbonyl (C=O) groups excluding carboxylic acids is 1. The van der Waals surface area contributed by atoms with Gasteiger partial charge in [0.15, 0.2) is 0 Å². The quantitative estimate of drug-likeness (QED) is 0.811. The number of carbonyl (C=O) groups is 1. The first-order chi connectivity index (χ1) is 7.44. The van der Waals surface area contributed by atoms with Gasteiger partial charge in [0, 0.05) is 12.7 Å². The fourth-order valence-corrected chi connectivity index (χ4v) is 1.21. The Morgan fingerprint density at radius 3 is 2.75 bits per heavy atom. The molecular weight excluding hydrogens is 225 g/mol. The van der Waals surface area contributed by atoms with Gasteiger partial charge in [0.1, 0.15) is 12.2 Å². The molecule has 1 heterocycles. The van der Waals surface area contributed by atoms with E-state index in [-0.39, 0.29) is 18.8 Å². The zero-order valence-electron chi connectivity index (χ0n) is 8.29. The molecule has 7 heteroatoms. The Labute approximate surface area is 89.7 Å². The molecule has 0 aliphatic carbocycles. The lowest BCUT2D eigenvalue weighted by molar-refractivity contribution is -0.140. The van der Waals surface area contributed by atoms with Gasteiger partial charge >= 0.3 is 6.18 Å². The molecule has 0 aromatic carbocycles. The molecule has 0 bridgehead atoms. The molecule has 0 saturated carbocycles. The number of rotatable bonds is 4. The van der Waals surface area contributed by atoms with Crippen molar-refractivity contribution in [3.63, 3.8) is 0 Å². The van der Waals surface area contributed by atoms with Crippen LogP contribution in [0.3, 0.4) is 0 Å². The van der Waals surface area contributed by atoms with E-state index < -0.39 is 18.6 Å². The van der Waals surface area contributed by atoms with Gasteiger partial charge in [-0.05, 0) is 12.1 Å². The molecule has 0 unspecified atom stereocenters. The summed E-state index contributed by atoms with van der Waals surface area (Å²) < 4.78 is 37.2. The van der Waals surface area contributed by atoms with Crippen molar-refractivity contribution in [1.29, 1.82) is 0 Å².